The van der Waals surface area contributed by atoms with E-state index in [1.807, 2.05) is 13.0 Å². The molecule has 2 aromatic carbocycles. The largest absolute Gasteiger partial charge is 0.101 e. The second-order valence-electron chi connectivity index (χ2n) is 3.32. The molecule has 0 nitrogen and oxygen atoms in total. The van der Waals surface area contributed by atoms with E-state index < -0.39 is 0 Å². The molecule has 0 heteroatoms. The van der Waals surface area contributed by atoms with Crippen LogP contribution in [0, 0.1) is 11.8 Å². The molecule has 0 aliphatic heterocycles. The molecule has 80 valence electrons. The van der Waals surface area contributed by atoms with E-state index in [-0.39, 0.29) is 7.43 Å². The van der Waals surface area contributed by atoms with Crippen LogP contribution < -0.4 is 0 Å². The van der Waals surface area contributed by atoms with Crippen LogP contribution in [0.2, 0.25) is 0 Å². The van der Waals surface area contributed by atoms with E-state index in [4.69, 9.17) is 0 Å². The molecule has 0 saturated heterocycles. The minimum atomic E-state index is 0. The van der Waals surface area contributed by atoms with Crippen LogP contribution in [0.4, 0.5) is 0 Å². The summed E-state index contributed by atoms with van der Waals surface area (Å²) in [7, 11) is 0. The number of rotatable bonds is 1. The van der Waals surface area contributed by atoms with Gasteiger partial charge in [0.2, 0.25) is 0 Å². The maximum absolute atomic E-state index is 3.04. The van der Waals surface area contributed by atoms with Gasteiger partial charge in [-0.3, -0.25) is 0 Å². The van der Waals surface area contributed by atoms with Crippen LogP contribution in [0.25, 0.3) is 11.1 Å². The second kappa shape index (κ2) is 5.78. The first-order valence-corrected chi connectivity index (χ1v) is 4.98. The molecule has 2 rings (SSSR count). The van der Waals surface area contributed by atoms with Gasteiger partial charge in [-0.05, 0) is 30.2 Å². The molecule has 0 amide bonds. The highest BCUT2D eigenvalue weighted by Crippen LogP contribution is 2.18. The average molecular weight is 208 g/mol. The van der Waals surface area contributed by atoms with Crippen molar-refractivity contribution in [2.24, 2.45) is 0 Å². The molecule has 16 heavy (non-hydrogen) atoms. The van der Waals surface area contributed by atoms with Crippen molar-refractivity contribution < 1.29 is 0 Å². The number of hydrogen-bond donors (Lipinski definition) is 0. The number of benzene rings is 2. The quantitative estimate of drug-likeness (QED) is 0.611. The zero-order valence-corrected chi connectivity index (χ0v) is 8.70. The van der Waals surface area contributed by atoms with Crippen molar-refractivity contribution in [3.63, 3.8) is 0 Å². The van der Waals surface area contributed by atoms with Gasteiger partial charge in [0, 0.05) is 5.56 Å². The summed E-state index contributed by atoms with van der Waals surface area (Å²) < 4.78 is 0. The molecular formula is C16H16. The Labute approximate surface area is 98.0 Å². The molecule has 0 N–H and O–H groups in total. The topological polar surface area (TPSA) is 0 Å². The van der Waals surface area contributed by atoms with E-state index in [1.165, 1.54) is 11.1 Å². The van der Waals surface area contributed by atoms with Gasteiger partial charge >= 0.3 is 0 Å². The minimum Gasteiger partial charge on any atom is -0.101 e. The lowest BCUT2D eigenvalue weighted by molar-refractivity contribution is 1.59. The van der Waals surface area contributed by atoms with Crippen molar-refractivity contribution in [2.75, 3.05) is 0 Å². The fraction of sp³-hybridized carbons (Fsp3) is 0.125. The van der Waals surface area contributed by atoms with Gasteiger partial charge in [0.1, 0.15) is 0 Å². The van der Waals surface area contributed by atoms with Crippen molar-refractivity contribution in [2.45, 2.75) is 14.4 Å². The Morgan fingerprint density at radius 2 is 1.31 bits per heavy atom. The van der Waals surface area contributed by atoms with Crippen LogP contribution in [0.15, 0.2) is 54.6 Å². The summed E-state index contributed by atoms with van der Waals surface area (Å²) in [4.78, 5) is 0. The molecule has 0 saturated carbocycles. The van der Waals surface area contributed by atoms with Gasteiger partial charge in [-0.2, -0.15) is 0 Å². The summed E-state index contributed by atoms with van der Waals surface area (Å²) in [6.45, 7) is 1.85. The van der Waals surface area contributed by atoms with Gasteiger partial charge in [0.05, 0.1) is 0 Å². The summed E-state index contributed by atoms with van der Waals surface area (Å²) in [5.41, 5.74) is 3.54. The zero-order chi connectivity index (χ0) is 10.5. The van der Waals surface area contributed by atoms with E-state index >= 15 is 0 Å². The third kappa shape index (κ3) is 2.74. The van der Waals surface area contributed by atoms with Gasteiger partial charge < -0.3 is 0 Å². The van der Waals surface area contributed by atoms with Crippen LogP contribution in [0.1, 0.15) is 19.9 Å². The molecule has 0 spiro atoms. The maximum Gasteiger partial charge on any atom is 0.0245 e. The van der Waals surface area contributed by atoms with Crippen LogP contribution >= 0.6 is 0 Å². The normalized spacial score (nSPS) is 8.56. The summed E-state index contributed by atoms with van der Waals surface area (Å²) in [6, 6.07) is 18.7. The second-order valence-corrected chi connectivity index (χ2v) is 3.32. The molecule has 0 aromatic heterocycles. The smallest absolute Gasteiger partial charge is 0.0245 e. The Morgan fingerprint density at radius 1 is 0.750 bits per heavy atom. The predicted octanol–water partition coefficient (Wildman–Crippen LogP) is 4.36. The Kier molecular flexibility index (Phi) is 4.36. The van der Waals surface area contributed by atoms with Crippen LogP contribution in [0.3, 0.4) is 0 Å². The molecular weight excluding hydrogens is 192 g/mol. The molecule has 0 aliphatic rings. The van der Waals surface area contributed by atoms with Crippen LogP contribution in [-0.2, 0) is 0 Å². The molecule has 0 aliphatic carbocycles. The maximum atomic E-state index is 3.04. The Balaban J connectivity index is 0.00000128. The standard InChI is InChI=1S/C15H12.CH4/c1-2-6-13-9-11-15(12-10-13)14-7-4-3-5-8-14;/h3-5,7-12H,1H3;1H4. The zero-order valence-electron chi connectivity index (χ0n) is 8.70. The van der Waals surface area contributed by atoms with E-state index in [0.29, 0.717) is 0 Å². The molecule has 0 radical (unpaired) electrons. The van der Waals surface area contributed by atoms with Gasteiger partial charge in [0.15, 0.2) is 0 Å². The van der Waals surface area contributed by atoms with E-state index in [2.05, 4.69) is 60.4 Å². The first-order chi connectivity index (χ1) is 7.40. The van der Waals surface area contributed by atoms with Gasteiger partial charge in [-0.1, -0.05) is 55.8 Å². The summed E-state index contributed by atoms with van der Waals surface area (Å²) >= 11 is 0. The van der Waals surface area contributed by atoms with E-state index in [9.17, 15) is 0 Å². The molecule has 0 atom stereocenters. The van der Waals surface area contributed by atoms with E-state index in [1.54, 1.807) is 0 Å². The van der Waals surface area contributed by atoms with Crippen LogP contribution in [0.5, 0.6) is 0 Å². The lowest BCUT2D eigenvalue weighted by atomic mass is 10.0. The molecule has 0 unspecified atom stereocenters. The van der Waals surface area contributed by atoms with Gasteiger partial charge in [-0.25, -0.2) is 0 Å². The van der Waals surface area contributed by atoms with Crippen molar-refractivity contribution in [1.82, 2.24) is 0 Å². The van der Waals surface area contributed by atoms with Gasteiger partial charge in [-0.15, -0.1) is 5.92 Å². The minimum absolute atomic E-state index is 0. The van der Waals surface area contributed by atoms with Crippen molar-refractivity contribution in [1.29, 1.82) is 0 Å². The highest BCUT2D eigenvalue weighted by Gasteiger charge is 1.94. The number of hydrogen-bond acceptors (Lipinski definition) is 0. The SMILES string of the molecule is C.CC#Cc1ccc(-c2ccccc2)cc1. The molecule has 0 fully saturated rings. The third-order valence-corrected chi connectivity index (χ3v) is 2.26. The molecule has 2 aromatic rings. The fourth-order valence-corrected chi connectivity index (χ4v) is 1.52. The lowest BCUT2D eigenvalue weighted by Crippen LogP contribution is -1.78. The summed E-state index contributed by atoms with van der Waals surface area (Å²) in [6.07, 6.45) is 0. The first kappa shape index (κ1) is 12.1. The Morgan fingerprint density at radius 3 is 1.88 bits per heavy atom. The van der Waals surface area contributed by atoms with Crippen molar-refractivity contribution in [3.8, 4) is 23.0 Å². The first-order valence-electron chi connectivity index (χ1n) is 4.98. The third-order valence-electron chi connectivity index (χ3n) is 2.26. The summed E-state index contributed by atoms with van der Waals surface area (Å²) in [5, 5.41) is 0. The average Bonchev–Trinajstić information content (AvgIpc) is 2.32. The van der Waals surface area contributed by atoms with E-state index in [0.717, 1.165) is 5.56 Å². The van der Waals surface area contributed by atoms with Gasteiger partial charge in [0.25, 0.3) is 0 Å². The van der Waals surface area contributed by atoms with Crippen LogP contribution in [-0.4, -0.2) is 0 Å². The lowest BCUT2D eigenvalue weighted by Gasteiger charge is -2.00. The Bertz CT molecular complexity index is 481. The molecule has 0 heterocycles. The highest BCUT2D eigenvalue weighted by molar-refractivity contribution is 5.64. The highest BCUT2D eigenvalue weighted by atomic mass is 14.0. The summed E-state index contributed by atoms with van der Waals surface area (Å²) in [5.74, 6) is 5.93. The van der Waals surface area contributed by atoms with Crippen molar-refractivity contribution >= 4 is 0 Å². The Hall–Kier alpha value is -2.00. The monoisotopic (exact) mass is 208 g/mol. The fourth-order valence-electron chi connectivity index (χ4n) is 1.52. The molecule has 0 bridgehead atoms. The predicted molar refractivity (Wildman–Crippen MR) is 71.2 cm³/mol. The van der Waals surface area contributed by atoms with Crippen molar-refractivity contribution in [3.05, 3.63) is 60.2 Å².